The molecule has 1 aliphatic rings. The normalized spacial score (nSPS) is 13.6. The van der Waals surface area contributed by atoms with Crippen LogP contribution in [0.1, 0.15) is 5.56 Å². The summed E-state index contributed by atoms with van der Waals surface area (Å²) in [6, 6.07) is 17.6. The van der Waals surface area contributed by atoms with Gasteiger partial charge in [0.1, 0.15) is 16.8 Å². The number of hydrogen-bond acceptors (Lipinski definition) is 5. The zero-order valence-corrected chi connectivity index (χ0v) is 17.1. The molecule has 0 saturated carbocycles. The lowest BCUT2D eigenvalue weighted by atomic mass is 10.1. The average molecular weight is 442 g/mol. The second-order valence-electron chi connectivity index (χ2n) is 6.85. The molecule has 0 fully saturated rings. The van der Waals surface area contributed by atoms with Crippen LogP contribution in [0, 0.1) is 5.82 Å². The quantitative estimate of drug-likeness (QED) is 0.587. The first-order valence-electron chi connectivity index (χ1n) is 9.44. The minimum Gasteiger partial charge on any atom is -0.454 e. The van der Waals surface area contributed by atoms with Crippen LogP contribution in [0.2, 0.25) is 0 Å². The summed E-state index contributed by atoms with van der Waals surface area (Å²) >= 11 is 0. The van der Waals surface area contributed by atoms with Crippen LogP contribution in [0.5, 0.6) is 11.5 Å². The van der Waals surface area contributed by atoms with Crippen LogP contribution in [0.4, 0.5) is 10.1 Å². The lowest BCUT2D eigenvalue weighted by Crippen LogP contribution is -2.45. The number of carbonyl (C=O) groups is 1. The van der Waals surface area contributed by atoms with E-state index in [2.05, 4.69) is 10.0 Å². The van der Waals surface area contributed by atoms with E-state index in [1.807, 2.05) is 6.07 Å². The van der Waals surface area contributed by atoms with Crippen molar-refractivity contribution in [1.82, 2.24) is 4.72 Å². The third kappa shape index (κ3) is 4.84. The lowest BCUT2D eigenvalue weighted by molar-refractivity contribution is -0.117. The predicted molar refractivity (Wildman–Crippen MR) is 112 cm³/mol. The molecule has 9 heteroatoms. The van der Waals surface area contributed by atoms with Gasteiger partial charge in [0, 0.05) is 11.8 Å². The van der Waals surface area contributed by atoms with Crippen molar-refractivity contribution < 1.29 is 27.1 Å². The van der Waals surface area contributed by atoms with E-state index in [0.29, 0.717) is 17.2 Å². The number of carbonyl (C=O) groups excluding carboxylic acids is 1. The van der Waals surface area contributed by atoms with E-state index in [1.54, 1.807) is 42.5 Å². The molecule has 2 N–H and O–H groups in total. The van der Waals surface area contributed by atoms with Gasteiger partial charge >= 0.3 is 0 Å². The third-order valence-corrected chi connectivity index (χ3v) is 6.17. The Morgan fingerprint density at radius 1 is 0.968 bits per heavy atom. The van der Waals surface area contributed by atoms with Crippen molar-refractivity contribution in [1.29, 1.82) is 0 Å². The van der Waals surface area contributed by atoms with Crippen molar-refractivity contribution in [3.05, 3.63) is 84.2 Å². The van der Waals surface area contributed by atoms with Crippen LogP contribution in [0.15, 0.2) is 77.7 Å². The molecular weight excluding hydrogens is 423 g/mol. The molecule has 160 valence electrons. The maximum absolute atomic E-state index is 14.1. The number of rotatable bonds is 7. The van der Waals surface area contributed by atoms with Crippen LogP contribution < -0.4 is 19.5 Å². The van der Waals surface area contributed by atoms with Crippen molar-refractivity contribution in [2.45, 2.75) is 17.4 Å². The molecule has 4 rings (SSSR count). The second-order valence-corrected chi connectivity index (χ2v) is 8.53. The maximum Gasteiger partial charge on any atom is 0.244 e. The number of fused-ring (bicyclic) bond motifs is 1. The first-order valence-corrected chi connectivity index (χ1v) is 10.9. The van der Waals surface area contributed by atoms with E-state index < -0.39 is 32.7 Å². The van der Waals surface area contributed by atoms with Gasteiger partial charge in [0.25, 0.3) is 0 Å². The SMILES string of the molecule is O=C(Nc1ccc2c(c1)OCO2)C(Cc1ccccc1)NS(=O)(=O)c1ccccc1F. The third-order valence-electron chi connectivity index (χ3n) is 4.66. The Bertz CT molecular complexity index is 1200. The molecule has 1 heterocycles. The Balaban J connectivity index is 1.59. The Morgan fingerprint density at radius 2 is 1.68 bits per heavy atom. The summed E-state index contributed by atoms with van der Waals surface area (Å²) in [5, 5.41) is 2.69. The summed E-state index contributed by atoms with van der Waals surface area (Å²) in [6.07, 6.45) is 0.0743. The van der Waals surface area contributed by atoms with Crippen LogP contribution in [-0.2, 0) is 21.2 Å². The van der Waals surface area contributed by atoms with Gasteiger partial charge in [-0.05, 0) is 36.2 Å². The van der Waals surface area contributed by atoms with Gasteiger partial charge in [0.15, 0.2) is 11.5 Å². The van der Waals surface area contributed by atoms with Crippen LogP contribution >= 0.6 is 0 Å². The first kappa shape index (κ1) is 20.8. The van der Waals surface area contributed by atoms with Gasteiger partial charge in [-0.1, -0.05) is 42.5 Å². The summed E-state index contributed by atoms with van der Waals surface area (Å²) in [6.45, 7) is 0.0891. The summed E-state index contributed by atoms with van der Waals surface area (Å²) in [4.78, 5) is 12.5. The molecule has 0 aliphatic carbocycles. The highest BCUT2D eigenvalue weighted by Gasteiger charge is 2.28. The van der Waals surface area contributed by atoms with Gasteiger partial charge in [-0.3, -0.25) is 4.79 Å². The predicted octanol–water partition coefficient (Wildman–Crippen LogP) is 3.08. The molecule has 1 amide bonds. The van der Waals surface area contributed by atoms with Crippen molar-refractivity contribution in [2.24, 2.45) is 0 Å². The van der Waals surface area contributed by atoms with Gasteiger partial charge in [-0.15, -0.1) is 0 Å². The molecule has 0 saturated heterocycles. The molecule has 3 aromatic rings. The Labute approximate surface area is 178 Å². The topological polar surface area (TPSA) is 93.7 Å². The fraction of sp³-hybridized carbons (Fsp3) is 0.136. The Kier molecular flexibility index (Phi) is 5.88. The monoisotopic (exact) mass is 442 g/mol. The summed E-state index contributed by atoms with van der Waals surface area (Å²) in [5.74, 6) is -0.462. The minimum absolute atomic E-state index is 0.0743. The maximum atomic E-state index is 14.1. The van der Waals surface area contributed by atoms with E-state index in [-0.39, 0.29) is 13.2 Å². The van der Waals surface area contributed by atoms with Crippen LogP contribution in [0.3, 0.4) is 0 Å². The molecular formula is C22H19FN2O5S. The lowest BCUT2D eigenvalue weighted by Gasteiger charge is -2.19. The number of nitrogens with one attached hydrogen (secondary N) is 2. The van der Waals surface area contributed by atoms with E-state index >= 15 is 0 Å². The Morgan fingerprint density at radius 3 is 2.45 bits per heavy atom. The van der Waals surface area contributed by atoms with Gasteiger partial charge in [0.05, 0.1) is 0 Å². The van der Waals surface area contributed by atoms with Crippen LogP contribution in [0.25, 0.3) is 0 Å². The fourth-order valence-corrected chi connectivity index (χ4v) is 4.43. The molecule has 0 bridgehead atoms. The largest absolute Gasteiger partial charge is 0.454 e. The summed E-state index contributed by atoms with van der Waals surface area (Å²) < 4.78 is 52.6. The number of ether oxygens (including phenoxy) is 2. The zero-order chi connectivity index (χ0) is 21.8. The van der Waals surface area contributed by atoms with Crippen molar-refractivity contribution in [3.63, 3.8) is 0 Å². The van der Waals surface area contributed by atoms with Gasteiger partial charge in [-0.25, -0.2) is 12.8 Å². The number of amides is 1. The van der Waals surface area contributed by atoms with Crippen molar-refractivity contribution >= 4 is 21.6 Å². The highest BCUT2D eigenvalue weighted by atomic mass is 32.2. The number of anilines is 1. The Hall–Kier alpha value is -3.43. The number of hydrogen-bond donors (Lipinski definition) is 2. The highest BCUT2D eigenvalue weighted by molar-refractivity contribution is 7.89. The van der Waals surface area contributed by atoms with E-state index in [0.717, 1.165) is 17.7 Å². The number of sulfonamides is 1. The molecule has 3 aromatic carbocycles. The number of halogens is 1. The molecule has 0 radical (unpaired) electrons. The first-order chi connectivity index (χ1) is 14.9. The molecule has 31 heavy (non-hydrogen) atoms. The van der Waals surface area contributed by atoms with E-state index in [4.69, 9.17) is 9.47 Å². The van der Waals surface area contributed by atoms with Crippen molar-refractivity contribution in [3.8, 4) is 11.5 Å². The van der Waals surface area contributed by atoms with Crippen molar-refractivity contribution in [2.75, 3.05) is 12.1 Å². The highest BCUT2D eigenvalue weighted by Crippen LogP contribution is 2.34. The molecule has 7 nitrogen and oxygen atoms in total. The summed E-state index contributed by atoms with van der Waals surface area (Å²) in [5.41, 5.74) is 1.15. The molecule has 1 unspecified atom stereocenters. The van der Waals surface area contributed by atoms with Gasteiger partial charge in [0.2, 0.25) is 22.7 Å². The average Bonchev–Trinajstić information content (AvgIpc) is 3.22. The van der Waals surface area contributed by atoms with E-state index in [1.165, 1.54) is 12.1 Å². The number of benzene rings is 3. The molecule has 0 aromatic heterocycles. The van der Waals surface area contributed by atoms with Gasteiger partial charge in [-0.2, -0.15) is 4.72 Å². The molecule has 1 aliphatic heterocycles. The van der Waals surface area contributed by atoms with E-state index in [9.17, 15) is 17.6 Å². The smallest absolute Gasteiger partial charge is 0.244 e. The van der Waals surface area contributed by atoms with Crippen LogP contribution in [-0.4, -0.2) is 27.2 Å². The second kappa shape index (κ2) is 8.75. The molecule has 0 spiro atoms. The zero-order valence-electron chi connectivity index (χ0n) is 16.2. The molecule has 1 atom stereocenters. The van der Waals surface area contributed by atoms with Gasteiger partial charge < -0.3 is 14.8 Å². The minimum atomic E-state index is -4.29. The standard InChI is InChI=1S/C22H19FN2O5S/c23-17-8-4-5-9-21(17)31(27,28)25-18(12-15-6-2-1-3-7-15)22(26)24-16-10-11-19-20(13-16)30-14-29-19/h1-11,13,18,25H,12,14H2,(H,24,26). The fourth-order valence-electron chi connectivity index (χ4n) is 3.15. The summed E-state index contributed by atoms with van der Waals surface area (Å²) in [7, 11) is -4.29.